The zero-order valence-corrected chi connectivity index (χ0v) is 19.1. The second kappa shape index (κ2) is 8.06. The second-order valence-corrected chi connectivity index (χ2v) is 8.63. The average Bonchev–Trinajstić information content (AvgIpc) is 3.18. The SMILES string of the molecule is Cn1c2c(c(=O)[nH]c1=O)[C@@H](c1cccc(OC(=O)c3ccccc3)c1)C1=C(N2)c2ccccc2C1=O. The fraction of sp³-hybridized carbons (Fsp3) is 0.0714. The van der Waals surface area contributed by atoms with E-state index >= 15 is 0 Å². The zero-order chi connectivity index (χ0) is 25.0. The van der Waals surface area contributed by atoms with Gasteiger partial charge in [0, 0.05) is 29.7 Å². The Hall–Kier alpha value is -4.98. The van der Waals surface area contributed by atoms with E-state index in [4.69, 9.17) is 4.74 Å². The number of esters is 1. The van der Waals surface area contributed by atoms with E-state index < -0.39 is 23.1 Å². The lowest BCUT2D eigenvalue weighted by molar-refractivity contribution is 0.0734. The second-order valence-electron chi connectivity index (χ2n) is 8.63. The molecule has 8 nitrogen and oxygen atoms in total. The normalized spacial score (nSPS) is 15.6. The van der Waals surface area contributed by atoms with Gasteiger partial charge in [-0.25, -0.2) is 9.59 Å². The number of aromatic amines is 1. The van der Waals surface area contributed by atoms with Crippen molar-refractivity contribution in [1.82, 2.24) is 9.55 Å². The molecule has 4 aromatic rings. The van der Waals surface area contributed by atoms with Gasteiger partial charge in [0.05, 0.1) is 16.8 Å². The molecule has 0 unspecified atom stereocenters. The number of fused-ring (bicyclic) bond motifs is 3. The summed E-state index contributed by atoms with van der Waals surface area (Å²) < 4.78 is 6.91. The minimum absolute atomic E-state index is 0.205. The summed E-state index contributed by atoms with van der Waals surface area (Å²) in [6.07, 6.45) is 0. The molecular weight excluding hydrogens is 458 g/mol. The molecule has 2 N–H and O–H groups in total. The first-order chi connectivity index (χ1) is 17.4. The third-order valence-corrected chi connectivity index (χ3v) is 6.55. The van der Waals surface area contributed by atoms with Crippen LogP contribution in [0, 0.1) is 0 Å². The summed E-state index contributed by atoms with van der Waals surface area (Å²) in [5.41, 5.74) is 2.23. The molecule has 8 heteroatoms. The maximum absolute atomic E-state index is 13.6. The van der Waals surface area contributed by atoms with Crippen LogP contribution in [0.3, 0.4) is 0 Å². The standard InChI is InChI=1S/C28H19N3O5/c1-31-25-22(26(33)30-28(31)35)20(21-23(29-25)18-12-5-6-13-19(18)24(21)32)16-10-7-11-17(14-16)36-27(34)15-8-3-2-4-9-15/h2-14,20,29H,1H3,(H,30,33,35)/t20-/m0/s1. The molecule has 0 radical (unpaired) electrons. The number of allylic oxidation sites excluding steroid dienone is 1. The average molecular weight is 477 g/mol. The molecule has 0 bridgehead atoms. The number of H-pyrrole nitrogens is 1. The van der Waals surface area contributed by atoms with Crippen LogP contribution < -0.4 is 21.3 Å². The van der Waals surface area contributed by atoms with Crippen molar-refractivity contribution in [3.05, 3.63) is 133 Å². The molecule has 0 amide bonds. The number of Topliss-reactive ketones (excluding diaryl/α,β-unsaturated/α-hetero) is 1. The molecule has 2 aliphatic rings. The van der Waals surface area contributed by atoms with Crippen molar-refractivity contribution in [2.24, 2.45) is 7.05 Å². The Bertz CT molecular complexity index is 1730. The van der Waals surface area contributed by atoms with Crippen molar-refractivity contribution in [2.45, 2.75) is 5.92 Å². The Morgan fingerprint density at radius 2 is 1.61 bits per heavy atom. The van der Waals surface area contributed by atoms with Crippen molar-refractivity contribution in [1.29, 1.82) is 0 Å². The van der Waals surface area contributed by atoms with Crippen molar-refractivity contribution >= 4 is 23.3 Å². The van der Waals surface area contributed by atoms with Crippen molar-refractivity contribution in [2.75, 3.05) is 5.32 Å². The van der Waals surface area contributed by atoms with Gasteiger partial charge in [-0.3, -0.25) is 19.1 Å². The number of hydrogen-bond acceptors (Lipinski definition) is 6. The number of nitrogens with one attached hydrogen (secondary N) is 2. The van der Waals surface area contributed by atoms with Crippen LogP contribution in [0.25, 0.3) is 5.70 Å². The van der Waals surface area contributed by atoms with Gasteiger partial charge in [0.1, 0.15) is 11.6 Å². The summed E-state index contributed by atoms with van der Waals surface area (Å²) in [7, 11) is 1.55. The molecule has 0 fully saturated rings. The summed E-state index contributed by atoms with van der Waals surface area (Å²) in [4.78, 5) is 54.0. The summed E-state index contributed by atoms with van der Waals surface area (Å²) >= 11 is 0. The van der Waals surface area contributed by atoms with E-state index in [0.29, 0.717) is 39.3 Å². The van der Waals surface area contributed by atoms with Crippen molar-refractivity contribution in [3.63, 3.8) is 0 Å². The summed E-state index contributed by atoms with van der Waals surface area (Å²) in [6, 6.07) is 22.5. The van der Waals surface area contributed by atoms with Gasteiger partial charge in [0.25, 0.3) is 5.56 Å². The van der Waals surface area contributed by atoms with Crippen molar-refractivity contribution < 1.29 is 14.3 Å². The molecule has 1 aromatic heterocycles. The van der Waals surface area contributed by atoms with Gasteiger partial charge in [0.15, 0.2) is 5.78 Å². The molecule has 36 heavy (non-hydrogen) atoms. The van der Waals surface area contributed by atoms with Gasteiger partial charge in [-0.05, 0) is 29.8 Å². The molecule has 0 saturated heterocycles. The Balaban J connectivity index is 1.52. The zero-order valence-electron chi connectivity index (χ0n) is 19.1. The monoisotopic (exact) mass is 477 g/mol. The summed E-state index contributed by atoms with van der Waals surface area (Å²) in [5, 5.41) is 3.18. The fourth-order valence-electron chi connectivity index (χ4n) is 4.86. The number of nitrogens with zero attached hydrogens (tertiary/aromatic N) is 1. The fourth-order valence-corrected chi connectivity index (χ4v) is 4.86. The third kappa shape index (κ3) is 3.23. The Kier molecular flexibility index (Phi) is 4.82. The summed E-state index contributed by atoms with van der Waals surface area (Å²) in [5.74, 6) is -0.940. The van der Waals surface area contributed by atoms with Gasteiger partial charge in [-0.15, -0.1) is 0 Å². The Labute approximate surface area is 204 Å². The number of aromatic nitrogens is 2. The van der Waals surface area contributed by atoms with Gasteiger partial charge in [0.2, 0.25) is 0 Å². The molecular formula is C28H19N3O5. The number of ketones is 1. The number of carbonyl (C=O) groups is 2. The van der Waals surface area contributed by atoms with Crippen molar-refractivity contribution in [3.8, 4) is 5.75 Å². The Morgan fingerprint density at radius 1 is 0.889 bits per heavy atom. The molecule has 176 valence electrons. The van der Waals surface area contributed by atoms with E-state index in [1.165, 1.54) is 4.57 Å². The predicted molar refractivity (Wildman–Crippen MR) is 133 cm³/mol. The molecule has 3 aromatic carbocycles. The largest absolute Gasteiger partial charge is 0.423 e. The highest BCUT2D eigenvalue weighted by molar-refractivity contribution is 6.23. The van der Waals surface area contributed by atoms with E-state index in [2.05, 4.69) is 10.3 Å². The Morgan fingerprint density at radius 3 is 2.39 bits per heavy atom. The highest BCUT2D eigenvalue weighted by Gasteiger charge is 2.42. The van der Waals surface area contributed by atoms with Crippen LogP contribution >= 0.6 is 0 Å². The predicted octanol–water partition coefficient (Wildman–Crippen LogP) is 3.46. The highest BCUT2D eigenvalue weighted by atomic mass is 16.5. The van der Waals surface area contributed by atoms with Crippen LogP contribution in [0.5, 0.6) is 5.75 Å². The molecule has 1 aliphatic carbocycles. The molecule has 6 rings (SSSR count). The van der Waals surface area contributed by atoms with Crippen LogP contribution in [-0.2, 0) is 7.05 Å². The lowest BCUT2D eigenvalue weighted by Gasteiger charge is -2.29. The number of carbonyl (C=O) groups excluding carboxylic acids is 2. The number of benzene rings is 3. The topological polar surface area (TPSA) is 110 Å². The molecule has 0 saturated carbocycles. The first kappa shape index (κ1) is 21.5. The van der Waals surface area contributed by atoms with Crippen LogP contribution in [0.2, 0.25) is 0 Å². The maximum atomic E-state index is 13.6. The van der Waals surface area contributed by atoms with E-state index in [9.17, 15) is 19.2 Å². The van der Waals surface area contributed by atoms with E-state index in [1.54, 1.807) is 73.8 Å². The van der Waals surface area contributed by atoms with Crippen LogP contribution in [0.1, 0.15) is 43.3 Å². The highest BCUT2D eigenvalue weighted by Crippen LogP contribution is 2.48. The van der Waals surface area contributed by atoms with E-state index in [-0.39, 0.29) is 17.1 Å². The lowest BCUT2D eigenvalue weighted by atomic mass is 9.81. The van der Waals surface area contributed by atoms with Crippen LogP contribution in [0.15, 0.2) is 94.0 Å². The van der Waals surface area contributed by atoms with Gasteiger partial charge >= 0.3 is 11.7 Å². The quantitative estimate of drug-likeness (QED) is 0.346. The molecule has 1 atom stereocenters. The number of hydrogen-bond donors (Lipinski definition) is 2. The van der Waals surface area contributed by atoms with Gasteiger partial charge in [-0.2, -0.15) is 0 Å². The summed E-state index contributed by atoms with van der Waals surface area (Å²) in [6.45, 7) is 0. The molecule has 1 aliphatic heterocycles. The van der Waals surface area contributed by atoms with Gasteiger partial charge in [-0.1, -0.05) is 54.6 Å². The maximum Gasteiger partial charge on any atom is 0.343 e. The molecule has 0 spiro atoms. The number of rotatable bonds is 3. The first-order valence-electron chi connectivity index (χ1n) is 11.3. The molecule has 2 heterocycles. The smallest absolute Gasteiger partial charge is 0.343 e. The van der Waals surface area contributed by atoms with E-state index in [1.807, 2.05) is 12.1 Å². The number of ether oxygens (including phenoxy) is 1. The minimum atomic E-state index is -0.790. The van der Waals surface area contributed by atoms with Gasteiger partial charge < -0.3 is 10.1 Å². The minimum Gasteiger partial charge on any atom is -0.423 e. The van der Waals surface area contributed by atoms with Crippen LogP contribution in [0.4, 0.5) is 5.82 Å². The number of anilines is 1. The first-order valence-corrected chi connectivity index (χ1v) is 11.3. The lowest BCUT2D eigenvalue weighted by Crippen LogP contribution is -2.37. The van der Waals surface area contributed by atoms with E-state index in [0.717, 1.165) is 0 Å². The third-order valence-electron chi connectivity index (χ3n) is 6.55. The van der Waals surface area contributed by atoms with Crippen LogP contribution in [-0.4, -0.2) is 21.3 Å².